The third-order valence-electron chi connectivity index (χ3n) is 3.59. The highest BCUT2D eigenvalue weighted by atomic mass is 16.3. The molecule has 1 saturated carbocycles. The van der Waals surface area contributed by atoms with E-state index in [2.05, 4.69) is 14.5 Å². The van der Waals surface area contributed by atoms with Crippen molar-refractivity contribution in [3.63, 3.8) is 0 Å². The summed E-state index contributed by atoms with van der Waals surface area (Å²) in [7, 11) is 0. The van der Waals surface area contributed by atoms with Gasteiger partial charge < -0.3 is 9.67 Å². The van der Waals surface area contributed by atoms with Crippen LogP contribution in [0.3, 0.4) is 0 Å². The van der Waals surface area contributed by atoms with E-state index in [1.807, 2.05) is 31.3 Å². The first-order valence-electron chi connectivity index (χ1n) is 6.40. The number of aliphatic hydroxyl groups excluding tert-OH is 1. The molecule has 3 rings (SSSR count). The molecule has 2 aromatic heterocycles. The highest BCUT2D eigenvalue weighted by Crippen LogP contribution is 2.32. The Labute approximate surface area is 106 Å². The third kappa shape index (κ3) is 1.93. The van der Waals surface area contributed by atoms with Gasteiger partial charge in [0.2, 0.25) is 0 Å². The Morgan fingerprint density at radius 1 is 1.33 bits per heavy atom. The van der Waals surface area contributed by atoms with Gasteiger partial charge in [-0.3, -0.25) is 0 Å². The number of rotatable bonds is 2. The molecule has 1 aliphatic carbocycles. The second-order valence-electron chi connectivity index (χ2n) is 4.89. The summed E-state index contributed by atoms with van der Waals surface area (Å²) in [5, 5.41) is 10.0. The first kappa shape index (κ1) is 11.4. The van der Waals surface area contributed by atoms with E-state index in [1.54, 1.807) is 6.20 Å². The lowest BCUT2D eigenvalue weighted by Gasteiger charge is -2.18. The van der Waals surface area contributed by atoms with Crippen LogP contribution in [0, 0.1) is 6.92 Å². The van der Waals surface area contributed by atoms with Gasteiger partial charge in [0.05, 0.1) is 12.1 Å². The van der Waals surface area contributed by atoms with Crippen molar-refractivity contribution in [2.45, 2.75) is 38.3 Å². The van der Waals surface area contributed by atoms with Crippen molar-refractivity contribution in [3.8, 4) is 11.5 Å². The summed E-state index contributed by atoms with van der Waals surface area (Å²) in [6, 6.07) is 6.07. The summed E-state index contributed by atoms with van der Waals surface area (Å²) in [6.07, 6.45) is 6.43. The molecule has 1 N–H and O–H groups in total. The van der Waals surface area contributed by atoms with Crippen molar-refractivity contribution in [1.82, 2.24) is 14.5 Å². The molecule has 4 heteroatoms. The van der Waals surface area contributed by atoms with E-state index in [4.69, 9.17) is 0 Å². The maximum absolute atomic E-state index is 10.0. The molecule has 1 fully saturated rings. The minimum Gasteiger partial charge on any atom is -0.391 e. The molecular weight excluding hydrogens is 226 g/mol. The van der Waals surface area contributed by atoms with Gasteiger partial charge in [0.15, 0.2) is 5.82 Å². The van der Waals surface area contributed by atoms with Gasteiger partial charge >= 0.3 is 0 Å². The van der Waals surface area contributed by atoms with Crippen molar-refractivity contribution >= 4 is 0 Å². The molecule has 0 radical (unpaired) electrons. The van der Waals surface area contributed by atoms with Crippen LogP contribution in [0.5, 0.6) is 0 Å². The Hall–Kier alpha value is -1.68. The topological polar surface area (TPSA) is 50.9 Å². The second-order valence-corrected chi connectivity index (χ2v) is 4.89. The van der Waals surface area contributed by atoms with E-state index in [9.17, 15) is 5.11 Å². The monoisotopic (exact) mass is 243 g/mol. The van der Waals surface area contributed by atoms with Gasteiger partial charge in [-0.2, -0.15) is 0 Å². The Morgan fingerprint density at radius 3 is 2.94 bits per heavy atom. The van der Waals surface area contributed by atoms with Crippen LogP contribution in [-0.2, 0) is 0 Å². The summed E-state index contributed by atoms with van der Waals surface area (Å²) in [4.78, 5) is 8.90. The van der Waals surface area contributed by atoms with Crippen LogP contribution < -0.4 is 0 Å². The van der Waals surface area contributed by atoms with Crippen LogP contribution in [0.2, 0.25) is 0 Å². The van der Waals surface area contributed by atoms with Gasteiger partial charge in [-0.05, 0) is 38.3 Å². The smallest absolute Gasteiger partial charge is 0.158 e. The molecule has 94 valence electrons. The first-order valence-corrected chi connectivity index (χ1v) is 6.40. The number of hydrogen-bond donors (Lipinski definition) is 1. The maximum Gasteiger partial charge on any atom is 0.158 e. The van der Waals surface area contributed by atoms with Gasteiger partial charge in [-0.1, -0.05) is 6.07 Å². The lowest BCUT2D eigenvalue weighted by Crippen LogP contribution is -2.18. The van der Waals surface area contributed by atoms with Crippen LogP contribution in [0.15, 0.2) is 30.6 Å². The first-order chi connectivity index (χ1) is 8.75. The fraction of sp³-hybridized carbons (Fsp3) is 0.429. The number of aromatic nitrogens is 3. The van der Waals surface area contributed by atoms with Gasteiger partial charge in [-0.25, -0.2) is 9.97 Å². The highest BCUT2D eigenvalue weighted by molar-refractivity contribution is 5.50. The summed E-state index contributed by atoms with van der Waals surface area (Å²) in [5.74, 6) is 0.852. The van der Waals surface area contributed by atoms with Gasteiger partial charge in [0, 0.05) is 18.1 Å². The molecule has 0 spiro atoms. The van der Waals surface area contributed by atoms with Gasteiger partial charge in [-0.15, -0.1) is 0 Å². The van der Waals surface area contributed by atoms with Crippen molar-refractivity contribution < 1.29 is 5.11 Å². The number of aryl methyl sites for hydroxylation is 1. The Bertz CT molecular complexity index is 549. The molecule has 2 aromatic rings. The lowest BCUT2D eigenvalue weighted by atomic mass is 10.2. The molecule has 1 aliphatic rings. The number of hydrogen-bond acceptors (Lipinski definition) is 3. The van der Waals surface area contributed by atoms with Crippen LogP contribution in [0.1, 0.15) is 31.0 Å². The Morgan fingerprint density at radius 2 is 2.22 bits per heavy atom. The maximum atomic E-state index is 10.0. The number of pyridine rings is 1. The molecule has 2 atom stereocenters. The van der Waals surface area contributed by atoms with E-state index in [1.165, 1.54) is 0 Å². The molecule has 18 heavy (non-hydrogen) atoms. The normalized spacial score (nSPS) is 23.4. The van der Waals surface area contributed by atoms with E-state index < -0.39 is 0 Å². The summed E-state index contributed by atoms with van der Waals surface area (Å²) in [6.45, 7) is 1.97. The number of aliphatic hydroxyl groups is 1. The number of imidazole rings is 1. The number of nitrogens with zero attached hydrogens (tertiary/aromatic N) is 3. The quantitative estimate of drug-likeness (QED) is 0.880. The summed E-state index contributed by atoms with van der Waals surface area (Å²) >= 11 is 0. The molecule has 2 heterocycles. The summed E-state index contributed by atoms with van der Waals surface area (Å²) in [5.41, 5.74) is 1.85. The molecule has 4 nitrogen and oxygen atoms in total. The zero-order valence-electron chi connectivity index (χ0n) is 10.5. The predicted octanol–water partition coefficient (Wildman–Crippen LogP) is 2.34. The molecule has 0 bridgehead atoms. The van der Waals surface area contributed by atoms with E-state index in [0.717, 1.165) is 36.5 Å². The van der Waals surface area contributed by atoms with Gasteiger partial charge in [0.25, 0.3) is 0 Å². The van der Waals surface area contributed by atoms with E-state index in [-0.39, 0.29) is 12.1 Å². The zero-order chi connectivity index (χ0) is 12.5. The SMILES string of the molecule is Cc1cccc(-c2nccn2[C@H]2CCC[C@@H]2O)n1. The van der Waals surface area contributed by atoms with Crippen molar-refractivity contribution in [3.05, 3.63) is 36.3 Å². The largest absolute Gasteiger partial charge is 0.391 e. The fourth-order valence-electron chi connectivity index (χ4n) is 2.69. The Balaban J connectivity index is 2.01. The van der Waals surface area contributed by atoms with Crippen molar-refractivity contribution in [2.24, 2.45) is 0 Å². The zero-order valence-corrected chi connectivity index (χ0v) is 10.5. The molecule has 0 saturated heterocycles. The second kappa shape index (κ2) is 4.53. The summed E-state index contributed by atoms with van der Waals surface area (Å²) < 4.78 is 2.07. The molecule has 0 aromatic carbocycles. The third-order valence-corrected chi connectivity index (χ3v) is 3.59. The van der Waals surface area contributed by atoms with Crippen molar-refractivity contribution in [1.29, 1.82) is 0 Å². The molecular formula is C14H17N3O. The van der Waals surface area contributed by atoms with E-state index in [0.29, 0.717) is 0 Å². The predicted molar refractivity (Wildman–Crippen MR) is 69.1 cm³/mol. The minimum absolute atomic E-state index is 0.143. The van der Waals surface area contributed by atoms with Crippen LogP contribution >= 0.6 is 0 Å². The average molecular weight is 243 g/mol. The lowest BCUT2D eigenvalue weighted by molar-refractivity contribution is 0.137. The molecule has 0 amide bonds. The van der Waals surface area contributed by atoms with E-state index >= 15 is 0 Å². The van der Waals surface area contributed by atoms with Crippen LogP contribution in [0.4, 0.5) is 0 Å². The van der Waals surface area contributed by atoms with Crippen molar-refractivity contribution in [2.75, 3.05) is 0 Å². The average Bonchev–Trinajstić information content (AvgIpc) is 2.96. The standard InChI is InChI=1S/C14H17N3O/c1-10-4-2-5-11(16-10)14-15-8-9-17(14)12-6-3-7-13(12)18/h2,4-5,8-9,12-13,18H,3,6-7H2,1H3/t12-,13-/m0/s1. The molecule has 0 unspecified atom stereocenters. The van der Waals surface area contributed by atoms with Crippen LogP contribution in [0.25, 0.3) is 11.5 Å². The molecule has 0 aliphatic heterocycles. The highest BCUT2D eigenvalue weighted by Gasteiger charge is 2.28. The minimum atomic E-state index is -0.261. The Kier molecular flexibility index (Phi) is 2.88. The fourth-order valence-corrected chi connectivity index (χ4v) is 2.69. The van der Waals surface area contributed by atoms with Crippen LogP contribution in [-0.4, -0.2) is 25.7 Å². The van der Waals surface area contributed by atoms with Gasteiger partial charge in [0.1, 0.15) is 5.69 Å².